The van der Waals surface area contributed by atoms with Gasteiger partial charge in [-0.05, 0) is 40.0 Å². The molecule has 19 heavy (non-hydrogen) atoms. The zero-order valence-electron chi connectivity index (χ0n) is 10.8. The second kappa shape index (κ2) is 5.69. The van der Waals surface area contributed by atoms with Crippen molar-refractivity contribution in [1.82, 2.24) is 4.90 Å². The van der Waals surface area contributed by atoms with Gasteiger partial charge in [0.1, 0.15) is 0 Å². The van der Waals surface area contributed by atoms with E-state index in [1.54, 1.807) is 0 Å². The first-order chi connectivity index (χ1) is 9.22. The van der Waals surface area contributed by atoms with Gasteiger partial charge < -0.3 is 14.6 Å². The van der Waals surface area contributed by atoms with E-state index in [1.807, 2.05) is 0 Å². The standard InChI is InChI=1S/C14H18BrNO3/c15-12-6-10(8-16-3-2-11(17)9-16)7-13-14(12)19-5-1-4-18-13/h6-7,11,17H,1-5,8-9H2/t11-/m1/s1. The van der Waals surface area contributed by atoms with E-state index in [0.29, 0.717) is 13.2 Å². The minimum absolute atomic E-state index is 0.177. The number of hydrogen-bond acceptors (Lipinski definition) is 4. The highest BCUT2D eigenvalue weighted by Gasteiger charge is 2.21. The zero-order chi connectivity index (χ0) is 13.2. The van der Waals surface area contributed by atoms with Crippen molar-refractivity contribution in [3.05, 3.63) is 22.2 Å². The largest absolute Gasteiger partial charge is 0.490 e. The van der Waals surface area contributed by atoms with E-state index in [1.165, 1.54) is 5.56 Å². The molecule has 3 rings (SSSR count). The van der Waals surface area contributed by atoms with E-state index in [0.717, 1.165) is 48.4 Å². The Morgan fingerprint density at radius 2 is 2.16 bits per heavy atom. The van der Waals surface area contributed by atoms with Gasteiger partial charge in [0.15, 0.2) is 11.5 Å². The molecule has 0 amide bonds. The van der Waals surface area contributed by atoms with Gasteiger partial charge in [0, 0.05) is 26.1 Å². The fraction of sp³-hybridized carbons (Fsp3) is 0.571. The summed E-state index contributed by atoms with van der Waals surface area (Å²) in [7, 11) is 0. The fourth-order valence-electron chi connectivity index (χ4n) is 2.59. The summed E-state index contributed by atoms with van der Waals surface area (Å²) < 4.78 is 12.4. The second-order valence-corrected chi connectivity index (χ2v) is 5.99. The lowest BCUT2D eigenvalue weighted by Crippen LogP contribution is -2.21. The van der Waals surface area contributed by atoms with Gasteiger partial charge in [-0.1, -0.05) is 0 Å². The molecule has 104 valence electrons. The number of nitrogens with zero attached hydrogens (tertiary/aromatic N) is 1. The molecule has 0 saturated carbocycles. The fourth-order valence-corrected chi connectivity index (χ4v) is 3.19. The molecular formula is C14H18BrNO3. The minimum Gasteiger partial charge on any atom is -0.490 e. The molecular weight excluding hydrogens is 310 g/mol. The topological polar surface area (TPSA) is 41.9 Å². The molecule has 0 bridgehead atoms. The first-order valence-electron chi connectivity index (χ1n) is 6.71. The van der Waals surface area contributed by atoms with Gasteiger partial charge in [-0.3, -0.25) is 4.90 Å². The summed E-state index contributed by atoms with van der Waals surface area (Å²) in [4.78, 5) is 2.26. The van der Waals surface area contributed by atoms with E-state index in [9.17, 15) is 5.11 Å². The monoisotopic (exact) mass is 327 g/mol. The number of halogens is 1. The van der Waals surface area contributed by atoms with Crippen LogP contribution in [0.3, 0.4) is 0 Å². The number of fused-ring (bicyclic) bond motifs is 1. The SMILES string of the molecule is O[C@@H]1CCN(Cc2cc(Br)c3c(c2)OCCCO3)C1. The Kier molecular flexibility index (Phi) is 3.96. The number of likely N-dealkylation sites (tertiary alicyclic amines) is 1. The zero-order valence-corrected chi connectivity index (χ0v) is 12.4. The van der Waals surface area contributed by atoms with E-state index in [2.05, 4.69) is 33.0 Å². The first kappa shape index (κ1) is 13.2. The molecule has 1 aromatic carbocycles. The second-order valence-electron chi connectivity index (χ2n) is 5.13. The van der Waals surface area contributed by atoms with Crippen LogP contribution in [0.2, 0.25) is 0 Å². The van der Waals surface area contributed by atoms with Crippen molar-refractivity contribution in [1.29, 1.82) is 0 Å². The summed E-state index contributed by atoms with van der Waals surface area (Å²) in [6, 6.07) is 4.13. The number of benzene rings is 1. The van der Waals surface area contributed by atoms with E-state index >= 15 is 0 Å². The molecule has 1 N–H and O–H groups in total. The lowest BCUT2D eigenvalue weighted by Gasteiger charge is -2.17. The number of aliphatic hydroxyl groups excluding tert-OH is 1. The van der Waals surface area contributed by atoms with E-state index in [-0.39, 0.29) is 6.10 Å². The van der Waals surface area contributed by atoms with Gasteiger partial charge in [0.2, 0.25) is 0 Å². The average molecular weight is 328 g/mol. The molecule has 0 aliphatic carbocycles. The Labute approximate surface area is 121 Å². The van der Waals surface area contributed by atoms with Gasteiger partial charge in [0.25, 0.3) is 0 Å². The summed E-state index contributed by atoms with van der Waals surface area (Å²) in [5.41, 5.74) is 1.19. The van der Waals surface area contributed by atoms with Crippen molar-refractivity contribution in [2.75, 3.05) is 26.3 Å². The van der Waals surface area contributed by atoms with Crippen LogP contribution in [-0.4, -0.2) is 42.4 Å². The summed E-state index contributed by atoms with van der Waals surface area (Å²) in [6.45, 7) is 3.94. The number of β-amino-alcohol motifs (C(OH)–C–C–N with tert-alkyl or cyclic N) is 1. The Morgan fingerprint density at radius 1 is 1.32 bits per heavy atom. The van der Waals surface area contributed by atoms with Gasteiger partial charge in [0.05, 0.1) is 23.8 Å². The van der Waals surface area contributed by atoms with Gasteiger partial charge in [-0.25, -0.2) is 0 Å². The van der Waals surface area contributed by atoms with Gasteiger partial charge >= 0.3 is 0 Å². The molecule has 4 nitrogen and oxygen atoms in total. The predicted octanol–water partition coefficient (Wildman–Crippen LogP) is 2.18. The quantitative estimate of drug-likeness (QED) is 0.904. The molecule has 2 aliphatic heterocycles. The van der Waals surface area contributed by atoms with Crippen LogP contribution in [0, 0.1) is 0 Å². The predicted molar refractivity (Wildman–Crippen MR) is 75.6 cm³/mol. The summed E-state index contributed by atoms with van der Waals surface area (Å²) in [5.74, 6) is 1.63. The maximum atomic E-state index is 9.57. The maximum absolute atomic E-state index is 9.57. The van der Waals surface area contributed by atoms with Crippen LogP contribution in [0.25, 0.3) is 0 Å². The van der Waals surface area contributed by atoms with E-state index < -0.39 is 0 Å². The Hall–Kier alpha value is -0.780. The van der Waals surface area contributed by atoms with Gasteiger partial charge in [-0.15, -0.1) is 0 Å². The summed E-state index contributed by atoms with van der Waals surface area (Å²) >= 11 is 3.56. The summed E-state index contributed by atoms with van der Waals surface area (Å²) in [6.07, 6.45) is 1.60. The van der Waals surface area contributed by atoms with E-state index in [4.69, 9.17) is 9.47 Å². The Morgan fingerprint density at radius 3 is 2.95 bits per heavy atom. The molecule has 2 heterocycles. The lowest BCUT2D eigenvalue weighted by molar-refractivity contribution is 0.174. The molecule has 5 heteroatoms. The molecule has 0 spiro atoms. The highest BCUT2D eigenvalue weighted by molar-refractivity contribution is 9.10. The van der Waals surface area contributed by atoms with Crippen LogP contribution in [0.5, 0.6) is 11.5 Å². The van der Waals surface area contributed by atoms with Crippen molar-refractivity contribution in [2.24, 2.45) is 0 Å². The number of rotatable bonds is 2. The van der Waals surface area contributed by atoms with Crippen LogP contribution in [0.15, 0.2) is 16.6 Å². The van der Waals surface area contributed by atoms with Crippen LogP contribution < -0.4 is 9.47 Å². The van der Waals surface area contributed by atoms with Crippen molar-refractivity contribution in [2.45, 2.75) is 25.5 Å². The van der Waals surface area contributed by atoms with Crippen LogP contribution in [-0.2, 0) is 6.54 Å². The number of hydrogen-bond donors (Lipinski definition) is 1. The van der Waals surface area contributed by atoms with Crippen molar-refractivity contribution in [3.63, 3.8) is 0 Å². The third-order valence-corrected chi connectivity index (χ3v) is 4.10. The Balaban J connectivity index is 1.79. The molecule has 2 aliphatic rings. The normalized spacial score (nSPS) is 23.4. The lowest BCUT2D eigenvalue weighted by atomic mass is 10.2. The van der Waals surface area contributed by atoms with Crippen molar-refractivity contribution < 1.29 is 14.6 Å². The molecule has 0 aromatic heterocycles. The smallest absolute Gasteiger partial charge is 0.175 e. The van der Waals surface area contributed by atoms with Crippen LogP contribution in [0.4, 0.5) is 0 Å². The highest BCUT2D eigenvalue weighted by Crippen LogP contribution is 2.38. The van der Waals surface area contributed by atoms with Crippen LogP contribution >= 0.6 is 15.9 Å². The molecule has 0 radical (unpaired) electrons. The first-order valence-corrected chi connectivity index (χ1v) is 7.50. The molecule has 0 unspecified atom stereocenters. The molecule has 1 atom stereocenters. The van der Waals surface area contributed by atoms with Crippen molar-refractivity contribution >= 4 is 15.9 Å². The molecule has 1 saturated heterocycles. The molecule has 1 fully saturated rings. The Bertz CT molecular complexity index is 466. The highest BCUT2D eigenvalue weighted by atomic mass is 79.9. The number of ether oxygens (including phenoxy) is 2. The maximum Gasteiger partial charge on any atom is 0.175 e. The van der Waals surface area contributed by atoms with Crippen LogP contribution in [0.1, 0.15) is 18.4 Å². The third kappa shape index (κ3) is 3.04. The minimum atomic E-state index is -0.177. The molecule has 1 aromatic rings. The average Bonchev–Trinajstić information content (AvgIpc) is 2.64. The number of aliphatic hydroxyl groups is 1. The third-order valence-electron chi connectivity index (χ3n) is 3.52. The summed E-state index contributed by atoms with van der Waals surface area (Å²) in [5, 5.41) is 9.57. The van der Waals surface area contributed by atoms with Crippen molar-refractivity contribution in [3.8, 4) is 11.5 Å². The van der Waals surface area contributed by atoms with Gasteiger partial charge in [-0.2, -0.15) is 0 Å².